The predicted molar refractivity (Wildman–Crippen MR) is 99.3 cm³/mol. The number of hydrogen-bond donors (Lipinski definition) is 0. The third kappa shape index (κ3) is 3.17. The van der Waals surface area contributed by atoms with Crippen LogP contribution >= 0.6 is 0 Å². The van der Waals surface area contributed by atoms with Crippen LogP contribution < -0.4 is 0 Å². The van der Waals surface area contributed by atoms with Gasteiger partial charge in [0.2, 0.25) is 15.9 Å². The molecule has 0 aromatic heterocycles. The standard InChI is InChI=1S/C19H28N2O4S/c1-5-17(22)20-8-6-19(7-9-20)21(10-11-25-19)26(23,24)18-15(3)12-14(2)13-16(18)4/h12-13H,5-11H2,1-4H3. The lowest BCUT2D eigenvalue weighted by Crippen LogP contribution is -2.55. The van der Waals surface area contributed by atoms with Crippen molar-refractivity contribution in [1.29, 1.82) is 0 Å². The molecule has 0 aliphatic carbocycles. The van der Waals surface area contributed by atoms with Crippen LogP contribution in [0.15, 0.2) is 17.0 Å². The van der Waals surface area contributed by atoms with Crippen molar-refractivity contribution in [2.24, 2.45) is 0 Å². The minimum absolute atomic E-state index is 0.109. The summed E-state index contributed by atoms with van der Waals surface area (Å²) in [6, 6.07) is 3.82. The Morgan fingerprint density at radius 1 is 1.12 bits per heavy atom. The Bertz CT molecular complexity index is 788. The van der Waals surface area contributed by atoms with Crippen molar-refractivity contribution in [3.8, 4) is 0 Å². The third-order valence-corrected chi connectivity index (χ3v) is 7.73. The first kappa shape index (κ1) is 19.3. The highest BCUT2D eigenvalue weighted by molar-refractivity contribution is 7.89. The topological polar surface area (TPSA) is 66.9 Å². The van der Waals surface area contributed by atoms with E-state index < -0.39 is 15.7 Å². The zero-order valence-electron chi connectivity index (χ0n) is 16.0. The molecule has 2 aliphatic rings. The molecule has 1 aromatic rings. The molecule has 7 heteroatoms. The Kier molecular flexibility index (Phi) is 5.16. The van der Waals surface area contributed by atoms with Crippen LogP contribution in [0.3, 0.4) is 0 Å². The summed E-state index contributed by atoms with van der Waals surface area (Å²) in [6.45, 7) is 9.32. The molecule has 6 nitrogen and oxygen atoms in total. The summed E-state index contributed by atoms with van der Waals surface area (Å²) in [7, 11) is -3.66. The van der Waals surface area contributed by atoms with Gasteiger partial charge in [-0.3, -0.25) is 4.79 Å². The lowest BCUT2D eigenvalue weighted by molar-refractivity contribution is -0.139. The van der Waals surface area contributed by atoms with Crippen molar-refractivity contribution >= 4 is 15.9 Å². The molecule has 144 valence electrons. The second-order valence-corrected chi connectivity index (χ2v) is 9.13. The molecule has 1 spiro atoms. The molecule has 3 rings (SSSR count). The molecule has 26 heavy (non-hydrogen) atoms. The van der Waals surface area contributed by atoms with Crippen molar-refractivity contribution in [2.45, 2.75) is 57.6 Å². The van der Waals surface area contributed by atoms with Gasteiger partial charge in [0, 0.05) is 38.9 Å². The van der Waals surface area contributed by atoms with E-state index in [-0.39, 0.29) is 5.91 Å². The van der Waals surface area contributed by atoms with E-state index in [9.17, 15) is 13.2 Å². The van der Waals surface area contributed by atoms with Gasteiger partial charge in [0.1, 0.15) is 5.72 Å². The summed E-state index contributed by atoms with van der Waals surface area (Å²) in [5.74, 6) is 0.109. The van der Waals surface area contributed by atoms with Gasteiger partial charge in [-0.1, -0.05) is 24.6 Å². The van der Waals surface area contributed by atoms with Gasteiger partial charge >= 0.3 is 0 Å². The molecule has 0 bridgehead atoms. The maximum Gasteiger partial charge on any atom is 0.246 e. The molecule has 2 aliphatic heterocycles. The Morgan fingerprint density at radius 3 is 2.23 bits per heavy atom. The number of aryl methyl sites for hydroxylation is 3. The van der Waals surface area contributed by atoms with E-state index in [0.29, 0.717) is 50.4 Å². The number of benzene rings is 1. The molecule has 0 saturated carbocycles. The predicted octanol–water partition coefficient (Wildman–Crippen LogP) is 2.36. The molecular formula is C19H28N2O4S. The van der Waals surface area contributed by atoms with Crippen LogP contribution in [0.4, 0.5) is 0 Å². The number of nitrogens with zero attached hydrogens (tertiary/aromatic N) is 2. The van der Waals surface area contributed by atoms with Crippen LogP contribution in [0.2, 0.25) is 0 Å². The highest BCUT2D eigenvalue weighted by atomic mass is 32.2. The van der Waals surface area contributed by atoms with Gasteiger partial charge in [0.05, 0.1) is 11.5 Å². The Hall–Kier alpha value is -1.44. The first-order chi connectivity index (χ1) is 12.2. The summed E-state index contributed by atoms with van der Waals surface area (Å²) in [5, 5.41) is 0. The lowest BCUT2D eigenvalue weighted by atomic mass is 10.0. The van der Waals surface area contributed by atoms with Gasteiger partial charge in [-0.2, -0.15) is 4.31 Å². The number of piperidine rings is 1. The molecular weight excluding hydrogens is 352 g/mol. The monoisotopic (exact) mass is 380 g/mol. The zero-order chi connectivity index (χ0) is 19.1. The van der Waals surface area contributed by atoms with Crippen LogP contribution in [0, 0.1) is 20.8 Å². The van der Waals surface area contributed by atoms with Gasteiger partial charge in [0.15, 0.2) is 0 Å². The smallest absolute Gasteiger partial charge is 0.246 e. The van der Waals surface area contributed by atoms with Crippen molar-refractivity contribution in [3.05, 3.63) is 28.8 Å². The van der Waals surface area contributed by atoms with E-state index in [2.05, 4.69) is 0 Å². The number of hydrogen-bond acceptors (Lipinski definition) is 4. The van der Waals surface area contributed by atoms with Crippen molar-refractivity contribution in [3.63, 3.8) is 0 Å². The van der Waals surface area contributed by atoms with Crippen LogP contribution in [0.1, 0.15) is 42.9 Å². The summed E-state index contributed by atoms with van der Waals surface area (Å²) >= 11 is 0. The van der Waals surface area contributed by atoms with E-state index in [1.807, 2.05) is 39.8 Å². The fraction of sp³-hybridized carbons (Fsp3) is 0.632. The minimum atomic E-state index is -3.66. The summed E-state index contributed by atoms with van der Waals surface area (Å²) in [5.41, 5.74) is 1.76. The second-order valence-electron chi connectivity index (χ2n) is 7.33. The average Bonchev–Trinajstić information content (AvgIpc) is 2.97. The fourth-order valence-corrected chi connectivity index (χ4v) is 6.48. The number of carbonyl (C=O) groups is 1. The van der Waals surface area contributed by atoms with Crippen LogP contribution in [0.5, 0.6) is 0 Å². The highest BCUT2D eigenvalue weighted by Gasteiger charge is 2.51. The van der Waals surface area contributed by atoms with E-state index in [1.165, 1.54) is 0 Å². The molecule has 2 heterocycles. The molecule has 0 unspecified atom stereocenters. The van der Waals surface area contributed by atoms with E-state index in [1.54, 1.807) is 9.21 Å². The van der Waals surface area contributed by atoms with E-state index in [4.69, 9.17) is 4.74 Å². The third-order valence-electron chi connectivity index (χ3n) is 5.47. The Labute approximate surface area is 156 Å². The van der Waals surface area contributed by atoms with Crippen LogP contribution in [0.25, 0.3) is 0 Å². The molecule has 2 fully saturated rings. The largest absolute Gasteiger partial charge is 0.358 e. The van der Waals surface area contributed by atoms with Crippen LogP contribution in [-0.2, 0) is 19.6 Å². The fourth-order valence-electron chi connectivity index (χ4n) is 4.34. The number of amides is 1. The quantitative estimate of drug-likeness (QED) is 0.807. The summed E-state index contributed by atoms with van der Waals surface area (Å²) < 4.78 is 34.5. The number of carbonyl (C=O) groups excluding carboxylic acids is 1. The lowest BCUT2D eigenvalue weighted by Gasteiger charge is -2.43. The maximum absolute atomic E-state index is 13.5. The van der Waals surface area contributed by atoms with Crippen LogP contribution in [-0.4, -0.2) is 55.5 Å². The van der Waals surface area contributed by atoms with Gasteiger partial charge in [-0.15, -0.1) is 0 Å². The molecule has 0 radical (unpaired) electrons. The maximum atomic E-state index is 13.5. The molecule has 1 aromatic carbocycles. The first-order valence-electron chi connectivity index (χ1n) is 9.24. The first-order valence-corrected chi connectivity index (χ1v) is 10.7. The van der Waals surface area contributed by atoms with Gasteiger partial charge < -0.3 is 9.64 Å². The summed E-state index contributed by atoms with van der Waals surface area (Å²) in [4.78, 5) is 14.1. The van der Waals surface area contributed by atoms with Gasteiger partial charge in [-0.05, 0) is 31.9 Å². The normalized spacial score (nSPS) is 20.7. The summed E-state index contributed by atoms with van der Waals surface area (Å²) in [6.07, 6.45) is 1.50. The Balaban J connectivity index is 1.93. The Morgan fingerprint density at radius 2 is 1.69 bits per heavy atom. The van der Waals surface area contributed by atoms with Crippen molar-refractivity contribution < 1.29 is 17.9 Å². The highest BCUT2D eigenvalue weighted by Crippen LogP contribution is 2.39. The van der Waals surface area contributed by atoms with Gasteiger partial charge in [0.25, 0.3) is 0 Å². The zero-order valence-corrected chi connectivity index (χ0v) is 16.9. The SMILES string of the molecule is CCC(=O)N1CCC2(CC1)OCCN2S(=O)(=O)c1c(C)cc(C)cc1C. The minimum Gasteiger partial charge on any atom is -0.358 e. The number of likely N-dealkylation sites (tertiary alicyclic amines) is 1. The molecule has 1 amide bonds. The number of ether oxygens (including phenoxy) is 1. The van der Waals surface area contributed by atoms with Gasteiger partial charge in [-0.25, -0.2) is 8.42 Å². The average molecular weight is 381 g/mol. The molecule has 2 saturated heterocycles. The molecule has 0 atom stereocenters. The van der Waals surface area contributed by atoms with Crippen molar-refractivity contribution in [1.82, 2.24) is 9.21 Å². The number of rotatable bonds is 3. The second kappa shape index (κ2) is 6.94. The number of sulfonamides is 1. The van der Waals surface area contributed by atoms with Crippen molar-refractivity contribution in [2.75, 3.05) is 26.2 Å². The molecule has 0 N–H and O–H groups in total. The van der Waals surface area contributed by atoms with E-state index >= 15 is 0 Å². The van der Waals surface area contributed by atoms with E-state index in [0.717, 1.165) is 16.7 Å².